The van der Waals surface area contributed by atoms with Crippen molar-refractivity contribution in [2.45, 2.75) is 45.8 Å². The third-order valence-corrected chi connectivity index (χ3v) is 5.49. The van der Waals surface area contributed by atoms with E-state index in [0.29, 0.717) is 18.1 Å². The molecule has 2 rings (SSSR count). The summed E-state index contributed by atoms with van der Waals surface area (Å²) >= 11 is 5.60. The Bertz CT molecular complexity index is 393. The summed E-state index contributed by atoms with van der Waals surface area (Å²) in [6.07, 6.45) is 2.73. The lowest BCUT2D eigenvalue weighted by molar-refractivity contribution is 0.117. The fourth-order valence-corrected chi connectivity index (χ4v) is 4.64. The molecule has 3 atom stereocenters. The van der Waals surface area contributed by atoms with E-state index in [-0.39, 0.29) is 0 Å². The van der Waals surface area contributed by atoms with E-state index in [4.69, 9.17) is 4.74 Å². The summed E-state index contributed by atoms with van der Waals surface area (Å²) in [5, 5.41) is 3.70. The second-order valence-corrected chi connectivity index (χ2v) is 7.28. The van der Waals surface area contributed by atoms with Crippen LogP contribution in [0.2, 0.25) is 0 Å². The molecular formula is C14H22BrNOS. The van der Waals surface area contributed by atoms with Crippen molar-refractivity contribution >= 4 is 27.3 Å². The van der Waals surface area contributed by atoms with Crippen LogP contribution in [0.4, 0.5) is 0 Å². The van der Waals surface area contributed by atoms with E-state index >= 15 is 0 Å². The van der Waals surface area contributed by atoms with E-state index < -0.39 is 0 Å². The zero-order valence-electron chi connectivity index (χ0n) is 11.3. The van der Waals surface area contributed by atoms with Crippen LogP contribution in [-0.2, 0) is 4.74 Å². The maximum absolute atomic E-state index is 5.74. The molecule has 1 aliphatic rings. The monoisotopic (exact) mass is 331 g/mol. The van der Waals surface area contributed by atoms with Gasteiger partial charge in [-0.15, -0.1) is 11.3 Å². The molecule has 4 heteroatoms. The quantitative estimate of drug-likeness (QED) is 0.869. The molecule has 1 N–H and O–H groups in total. The molecule has 1 fully saturated rings. The number of nitrogens with one attached hydrogen (secondary N) is 1. The van der Waals surface area contributed by atoms with Gasteiger partial charge in [0.05, 0.1) is 12.7 Å². The van der Waals surface area contributed by atoms with Gasteiger partial charge in [-0.25, -0.2) is 0 Å². The molecular weight excluding hydrogens is 310 g/mol. The van der Waals surface area contributed by atoms with Gasteiger partial charge in [0.1, 0.15) is 0 Å². The van der Waals surface area contributed by atoms with Crippen LogP contribution in [0.25, 0.3) is 0 Å². The molecule has 0 spiro atoms. The molecule has 0 aliphatic carbocycles. The Balaban J connectivity index is 2.16. The first-order chi connectivity index (χ1) is 8.61. The highest BCUT2D eigenvalue weighted by Crippen LogP contribution is 2.39. The SMILES string of the molecule is CCCNC(c1sc(C)cc1Br)C1COC(C)C1. The van der Waals surface area contributed by atoms with Crippen LogP contribution in [0.3, 0.4) is 0 Å². The van der Waals surface area contributed by atoms with Gasteiger partial charge in [0, 0.05) is 26.2 Å². The lowest BCUT2D eigenvalue weighted by Gasteiger charge is -2.23. The molecule has 2 nitrogen and oxygen atoms in total. The summed E-state index contributed by atoms with van der Waals surface area (Å²) in [5.74, 6) is 0.598. The molecule has 1 aliphatic heterocycles. The van der Waals surface area contributed by atoms with Gasteiger partial charge < -0.3 is 10.1 Å². The summed E-state index contributed by atoms with van der Waals surface area (Å²) in [6, 6.07) is 2.66. The second kappa shape index (κ2) is 6.51. The van der Waals surface area contributed by atoms with E-state index in [1.165, 1.54) is 20.6 Å². The topological polar surface area (TPSA) is 21.3 Å². The lowest BCUT2D eigenvalue weighted by Crippen LogP contribution is -2.29. The maximum Gasteiger partial charge on any atom is 0.0551 e. The van der Waals surface area contributed by atoms with Crippen LogP contribution in [0, 0.1) is 12.8 Å². The highest BCUT2D eigenvalue weighted by Gasteiger charge is 2.32. The van der Waals surface area contributed by atoms with Crippen molar-refractivity contribution in [1.29, 1.82) is 0 Å². The second-order valence-electron chi connectivity index (χ2n) is 5.14. The summed E-state index contributed by atoms with van der Waals surface area (Å²) in [5.41, 5.74) is 0. The molecule has 0 amide bonds. The van der Waals surface area contributed by atoms with Gasteiger partial charge in [-0.05, 0) is 55.2 Å². The van der Waals surface area contributed by atoms with Crippen molar-refractivity contribution < 1.29 is 4.74 Å². The van der Waals surface area contributed by atoms with Crippen LogP contribution < -0.4 is 5.32 Å². The van der Waals surface area contributed by atoms with Crippen molar-refractivity contribution in [3.8, 4) is 0 Å². The van der Waals surface area contributed by atoms with Crippen molar-refractivity contribution in [3.05, 3.63) is 20.3 Å². The Labute approximate surface area is 122 Å². The minimum Gasteiger partial charge on any atom is -0.378 e. The Morgan fingerprint density at radius 1 is 1.61 bits per heavy atom. The minimum atomic E-state index is 0.403. The van der Waals surface area contributed by atoms with Crippen molar-refractivity contribution in [3.63, 3.8) is 0 Å². The van der Waals surface area contributed by atoms with Gasteiger partial charge in [-0.1, -0.05) is 6.92 Å². The molecule has 1 saturated heterocycles. The number of rotatable bonds is 5. The molecule has 1 aromatic rings. The molecule has 18 heavy (non-hydrogen) atoms. The van der Waals surface area contributed by atoms with E-state index in [9.17, 15) is 0 Å². The summed E-state index contributed by atoms with van der Waals surface area (Å²) in [6.45, 7) is 8.51. The van der Waals surface area contributed by atoms with Gasteiger partial charge in [0.25, 0.3) is 0 Å². The predicted octanol–water partition coefficient (Wildman–Crippen LogP) is 4.28. The van der Waals surface area contributed by atoms with Gasteiger partial charge in [-0.2, -0.15) is 0 Å². The standard InChI is InChI=1S/C14H22BrNOS/c1-4-5-16-13(11-6-9(2)17-8-11)14-12(15)7-10(3)18-14/h7,9,11,13,16H,4-6,8H2,1-3H3. The van der Waals surface area contributed by atoms with Gasteiger partial charge in [0.2, 0.25) is 0 Å². The van der Waals surface area contributed by atoms with Crippen LogP contribution in [0.1, 0.15) is 42.5 Å². The summed E-state index contributed by atoms with van der Waals surface area (Å²) in [7, 11) is 0. The van der Waals surface area contributed by atoms with Crippen LogP contribution >= 0.6 is 27.3 Å². The third kappa shape index (κ3) is 3.35. The summed E-state index contributed by atoms with van der Waals surface area (Å²) < 4.78 is 6.99. The first-order valence-electron chi connectivity index (χ1n) is 6.72. The van der Waals surface area contributed by atoms with E-state index in [1.807, 2.05) is 11.3 Å². The van der Waals surface area contributed by atoms with Crippen molar-refractivity contribution in [1.82, 2.24) is 5.32 Å². The van der Waals surface area contributed by atoms with Gasteiger partial charge >= 0.3 is 0 Å². The molecule has 3 unspecified atom stereocenters. The number of hydrogen-bond donors (Lipinski definition) is 1. The first-order valence-corrected chi connectivity index (χ1v) is 8.33. The zero-order valence-corrected chi connectivity index (χ0v) is 13.7. The van der Waals surface area contributed by atoms with Crippen LogP contribution in [0.5, 0.6) is 0 Å². The summed E-state index contributed by atoms with van der Waals surface area (Å²) in [4.78, 5) is 2.80. The van der Waals surface area contributed by atoms with Crippen molar-refractivity contribution in [2.24, 2.45) is 5.92 Å². The normalized spacial score (nSPS) is 25.6. The predicted molar refractivity (Wildman–Crippen MR) is 81.3 cm³/mol. The molecule has 1 aromatic heterocycles. The molecule has 0 radical (unpaired) electrons. The minimum absolute atomic E-state index is 0.403. The average molecular weight is 332 g/mol. The van der Waals surface area contributed by atoms with Gasteiger partial charge in [0.15, 0.2) is 0 Å². The zero-order chi connectivity index (χ0) is 13.1. The van der Waals surface area contributed by atoms with Gasteiger partial charge in [-0.3, -0.25) is 0 Å². The highest BCUT2D eigenvalue weighted by atomic mass is 79.9. The molecule has 2 heterocycles. The lowest BCUT2D eigenvalue weighted by atomic mass is 9.95. The van der Waals surface area contributed by atoms with E-state index in [0.717, 1.165) is 19.6 Å². The van der Waals surface area contributed by atoms with Crippen molar-refractivity contribution in [2.75, 3.05) is 13.2 Å². The fourth-order valence-electron chi connectivity index (χ4n) is 2.57. The smallest absolute Gasteiger partial charge is 0.0551 e. The number of hydrogen-bond acceptors (Lipinski definition) is 3. The molecule has 0 saturated carbocycles. The molecule has 0 bridgehead atoms. The van der Waals surface area contributed by atoms with E-state index in [1.54, 1.807) is 0 Å². The van der Waals surface area contributed by atoms with E-state index in [2.05, 4.69) is 48.1 Å². The maximum atomic E-state index is 5.74. The highest BCUT2D eigenvalue weighted by molar-refractivity contribution is 9.10. The number of ether oxygens (including phenoxy) is 1. The Kier molecular flexibility index (Phi) is 5.24. The Morgan fingerprint density at radius 2 is 2.39 bits per heavy atom. The fraction of sp³-hybridized carbons (Fsp3) is 0.714. The first kappa shape index (κ1) is 14.5. The third-order valence-electron chi connectivity index (χ3n) is 3.43. The largest absolute Gasteiger partial charge is 0.378 e. The molecule has 102 valence electrons. The number of halogens is 1. The number of thiophene rings is 1. The van der Waals surface area contributed by atoms with Crippen LogP contribution in [-0.4, -0.2) is 19.3 Å². The Morgan fingerprint density at radius 3 is 2.89 bits per heavy atom. The molecule has 0 aromatic carbocycles. The number of aryl methyl sites for hydroxylation is 1. The average Bonchev–Trinajstić information content (AvgIpc) is 2.87. The Hall–Kier alpha value is 0.1000. The van der Waals surface area contributed by atoms with Crippen LogP contribution in [0.15, 0.2) is 10.5 Å².